The lowest BCUT2D eigenvalue weighted by Crippen LogP contribution is -2.25. The fourth-order valence-corrected chi connectivity index (χ4v) is 2.94. The van der Waals surface area contributed by atoms with Gasteiger partial charge in [0.25, 0.3) is 17.5 Å². The first-order valence-electron chi connectivity index (χ1n) is 8.94. The van der Waals surface area contributed by atoms with E-state index in [1.165, 1.54) is 6.07 Å². The van der Waals surface area contributed by atoms with Gasteiger partial charge < -0.3 is 10.6 Å². The third kappa shape index (κ3) is 4.65. The van der Waals surface area contributed by atoms with Crippen molar-refractivity contribution >= 4 is 23.2 Å². The molecule has 3 aromatic carbocycles. The number of nitro groups is 1. The molecule has 0 radical (unpaired) electrons. The van der Waals surface area contributed by atoms with Crippen molar-refractivity contribution in [1.29, 1.82) is 0 Å². The molecule has 2 N–H and O–H groups in total. The number of carbonyl (C=O) groups is 2. The number of hydrogen-bond donors (Lipinski definition) is 2. The Kier molecular flexibility index (Phi) is 5.99. The molecule has 0 aliphatic rings. The fraction of sp³-hybridized carbons (Fsp3) is 0.0909. The molecule has 29 heavy (non-hydrogen) atoms. The van der Waals surface area contributed by atoms with Crippen LogP contribution in [-0.2, 0) is 6.54 Å². The summed E-state index contributed by atoms with van der Waals surface area (Å²) >= 11 is 0. The van der Waals surface area contributed by atoms with Gasteiger partial charge >= 0.3 is 0 Å². The average Bonchev–Trinajstić information content (AvgIpc) is 2.72. The zero-order valence-corrected chi connectivity index (χ0v) is 15.7. The van der Waals surface area contributed by atoms with Crippen molar-refractivity contribution in [1.82, 2.24) is 5.32 Å². The van der Waals surface area contributed by atoms with Crippen LogP contribution in [0.4, 0.5) is 11.4 Å². The van der Waals surface area contributed by atoms with Gasteiger partial charge in [0.15, 0.2) is 0 Å². The largest absolute Gasteiger partial charge is 0.348 e. The van der Waals surface area contributed by atoms with E-state index in [1.54, 1.807) is 43.3 Å². The molecule has 0 aliphatic heterocycles. The van der Waals surface area contributed by atoms with E-state index in [0.717, 1.165) is 5.56 Å². The molecule has 7 heteroatoms. The zero-order chi connectivity index (χ0) is 20.8. The highest BCUT2D eigenvalue weighted by Crippen LogP contribution is 2.25. The molecule has 0 saturated carbocycles. The Bertz CT molecular complexity index is 1060. The number of amides is 2. The average molecular weight is 389 g/mol. The second kappa shape index (κ2) is 8.79. The van der Waals surface area contributed by atoms with Crippen LogP contribution in [0.5, 0.6) is 0 Å². The number of para-hydroxylation sites is 2. The molecule has 7 nitrogen and oxygen atoms in total. The number of nitrogens with one attached hydrogen (secondary N) is 2. The van der Waals surface area contributed by atoms with Crippen molar-refractivity contribution in [3.8, 4) is 0 Å². The number of benzene rings is 3. The van der Waals surface area contributed by atoms with Crippen molar-refractivity contribution in [2.24, 2.45) is 0 Å². The number of anilines is 1. The van der Waals surface area contributed by atoms with E-state index in [0.29, 0.717) is 12.1 Å². The van der Waals surface area contributed by atoms with Gasteiger partial charge in [0.05, 0.1) is 16.2 Å². The standard InChI is InChI=1S/C22H19N3O4/c1-15-8-7-12-18(20(15)25(28)29)22(27)24-19-13-6-5-11-17(19)21(26)23-14-16-9-3-2-4-10-16/h2-13H,14H2,1H3,(H,23,26)(H,24,27). The SMILES string of the molecule is Cc1cccc(C(=O)Nc2ccccc2C(=O)NCc2ccccc2)c1[N+](=O)[O-]. The van der Waals surface area contributed by atoms with E-state index >= 15 is 0 Å². The molecule has 0 spiro atoms. The third-order valence-corrected chi connectivity index (χ3v) is 4.38. The normalized spacial score (nSPS) is 10.2. The predicted octanol–water partition coefficient (Wildman–Crippen LogP) is 4.09. The fourth-order valence-electron chi connectivity index (χ4n) is 2.94. The van der Waals surface area contributed by atoms with E-state index in [-0.39, 0.29) is 28.4 Å². The number of aryl methyl sites for hydroxylation is 1. The second-order valence-electron chi connectivity index (χ2n) is 6.40. The van der Waals surface area contributed by atoms with E-state index in [1.807, 2.05) is 30.3 Å². The van der Waals surface area contributed by atoms with Gasteiger partial charge in [-0.15, -0.1) is 0 Å². The molecular formula is C22H19N3O4. The first kappa shape index (κ1) is 19.8. The molecule has 2 amide bonds. The van der Waals surface area contributed by atoms with Gasteiger partial charge in [-0.1, -0.05) is 54.6 Å². The molecule has 0 aromatic heterocycles. The number of hydrogen-bond acceptors (Lipinski definition) is 4. The molecule has 0 atom stereocenters. The minimum atomic E-state index is -0.649. The number of nitrogens with zero attached hydrogens (tertiary/aromatic N) is 1. The maximum Gasteiger partial charge on any atom is 0.285 e. The molecule has 0 saturated heterocycles. The molecule has 0 fully saturated rings. The van der Waals surface area contributed by atoms with Crippen molar-refractivity contribution in [2.45, 2.75) is 13.5 Å². The minimum absolute atomic E-state index is 0.0607. The Morgan fingerprint density at radius 2 is 1.52 bits per heavy atom. The first-order valence-corrected chi connectivity index (χ1v) is 8.94. The van der Waals surface area contributed by atoms with Crippen LogP contribution in [0.1, 0.15) is 31.8 Å². The van der Waals surface area contributed by atoms with Crippen LogP contribution in [-0.4, -0.2) is 16.7 Å². The molecular weight excluding hydrogens is 370 g/mol. The summed E-state index contributed by atoms with van der Waals surface area (Å²) in [6.07, 6.45) is 0. The van der Waals surface area contributed by atoms with Crippen molar-refractivity contribution in [3.05, 3.63) is 105 Å². The minimum Gasteiger partial charge on any atom is -0.348 e. The molecule has 3 rings (SSSR count). The molecule has 0 aliphatic carbocycles. The quantitative estimate of drug-likeness (QED) is 0.490. The number of rotatable bonds is 6. The van der Waals surface area contributed by atoms with E-state index in [2.05, 4.69) is 10.6 Å². The van der Waals surface area contributed by atoms with Crippen LogP contribution in [0, 0.1) is 17.0 Å². The van der Waals surface area contributed by atoms with E-state index in [4.69, 9.17) is 0 Å². The summed E-state index contributed by atoms with van der Waals surface area (Å²) in [5.41, 5.74) is 1.56. The molecule has 0 heterocycles. The summed E-state index contributed by atoms with van der Waals surface area (Å²) in [4.78, 5) is 36.1. The molecule has 0 bridgehead atoms. The van der Waals surface area contributed by atoms with Gasteiger partial charge in [0, 0.05) is 12.1 Å². The summed E-state index contributed by atoms with van der Waals surface area (Å²) in [6.45, 7) is 1.91. The van der Waals surface area contributed by atoms with Gasteiger partial charge in [-0.25, -0.2) is 0 Å². The topological polar surface area (TPSA) is 101 Å². The van der Waals surface area contributed by atoms with Crippen LogP contribution >= 0.6 is 0 Å². The highest BCUT2D eigenvalue weighted by Gasteiger charge is 2.23. The Labute approximate surface area is 167 Å². The smallest absolute Gasteiger partial charge is 0.285 e. The first-order chi connectivity index (χ1) is 14.0. The summed E-state index contributed by atoms with van der Waals surface area (Å²) in [6, 6.07) is 20.5. The maximum atomic E-state index is 12.7. The molecule has 146 valence electrons. The maximum absolute atomic E-state index is 12.7. The van der Waals surface area contributed by atoms with Crippen LogP contribution in [0.2, 0.25) is 0 Å². The lowest BCUT2D eigenvalue weighted by atomic mass is 10.1. The third-order valence-electron chi connectivity index (χ3n) is 4.38. The summed E-state index contributed by atoms with van der Waals surface area (Å²) < 4.78 is 0. The van der Waals surface area contributed by atoms with Crippen LogP contribution in [0.25, 0.3) is 0 Å². The highest BCUT2D eigenvalue weighted by atomic mass is 16.6. The Morgan fingerprint density at radius 1 is 0.862 bits per heavy atom. The monoisotopic (exact) mass is 389 g/mol. The Hall–Kier alpha value is -4.00. The highest BCUT2D eigenvalue weighted by molar-refractivity contribution is 6.10. The van der Waals surface area contributed by atoms with Gasteiger partial charge in [-0.05, 0) is 30.7 Å². The van der Waals surface area contributed by atoms with Crippen molar-refractivity contribution < 1.29 is 14.5 Å². The van der Waals surface area contributed by atoms with E-state index < -0.39 is 10.8 Å². The lowest BCUT2D eigenvalue weighted by Gasteiger charge is -2.12. The summed E-state index contributed by atoms with van der Waals surface area (Å²) in [7, 11) is 0. The van der Waals surface area contributed by atoms with Crippen molar-refractivity contribution in [2.75, 3.05) is 5.32 Å². The Morgan fingerprint density at radius 3 is 2.24 bits per heavy atom. The van der Waals surface area contributed by atoms with Gasteiger partial charge in [-0.2, -0.15) is 0 Å². The lowest BCUT2D eigenvalue weighted by molar-refractivity contribution is -0.385. The zero-order valence-electron chi connectivity index (χ0n) is 15.7. The van der Waals surface area contributed by atoms with Gasteiger partial charge in [0.2, 0.25) is 0 Å². The summed E-state index contributed by atoms with van der Waals surface area (Å²) in [5, 5.41) is 16.8. The Balaban J connectivity index is 1.81. The number of nitro benzene ring substituents is 1. The van der Waals surface area contributed by atoms with Crippen LogP contribution in [0.3, 0.4) is 0 Å². The van der Waals surface area contributed by atoms with Gasteiger partial charge in [0.1, 0.15) is 5.56 Å². The number of carbonyl (C=O) groups excluding carboxylic acids is 2. The van der Waals surface area contributed by atoms with Crippen molar-refractivity contribution in [3.63, 3.8) is 0 Å². The van der Waals surface area contributed by atoms with Gasteiger partial charge in [-0.3, -0.25) is 19.7 Å². The van der Waals surface area contributed by atoms with E-state index in [9.17, 15) is 19.7 Å². The second-order valence-corrected chi connectivity index (χ2v) is 6.40. The van der Waals surface area contributed by atoms with Crippen LogP contribution < -0.4 is 10.6 Å². The molecule has 3 aromatic rings. The van der Waals surface area contributed by atoms with Crippen LogP contribution in [0.15, 0.2) is 72.8 Å². The predicted molar refractivity (Wildman–Crippen MR) is 110 cm³/mol. The molecule has 0 unspecified atom stereocenters. The summed E-state index contributed by atoms with van der Waals surface area (Å²) in [5.74, 6) is -1.01.